The van der Waals surface area contributed by atoms with E-state index in [1.165, 1.54) is 26.0 Å². The molecule has 5 aromatic rings. The summed E-state index contributed by atoms with van der Waals surface area (Å²) in [5.41, 5.74) is 3.18. The van der Waals surface area contributed by atoms with Crippen molar-refractivity contribution in [2.45, 2.75) is 33.3 Å². The Balaban J connectivity index is 1.25. The number of nitrogens with one attached hydrogen (secondary N) is 2. The molecule has 0 saturated heterocycles. The van der Waals surface area contributed by atoms with E-state index >= 15 is 0 Å². The highest BCUT2D eigenvalue weighted by atomic mass is 32.2. The van der Waals surface area contributed by atoms with Crippen molar-refractivity contribution in [3.8, 4) is 11.5 Å². The van der Waals surface area contributed by atoms with Crippen LogP contribution in [0.4, 0.5) is 17.1 Å². The molecule has 0 bridgehead atoms. The Morgan fingerprint density at radius 1 is 0.800 bits per heavy atom. The minimum Gasteiger partial charge on any atom is -0.493 e. The number of methoxy groups -OCH3 is 2. The van der Waals surface area contributed by atoms with Crippen LogP contribution in [0.5, 0.6) is 11.5 Å². The lowest BCUT2D eigenvalue weighted by atomic mass is 10.1. The number of carbonyl (C=O) groups excluding carboxylic acids is 3. The molecule has 0 aliphatic carbocycles. The van der Waals surface area contributed by atoms with Crippen LogP contribution in [0, 0.1) is 0 Å². The molecule has 0 spiro atoms. The fourth-order valence-corrected chi connectivity index (χ4v) is 7.64. The van der Waals surface area contributed by atoms with Gasteiger partial charge < -0.3 is 20.1 Å². The van der Waals surface area contributed by atoms with Gasteiger partial charge in [0.1, 0.15) is 5.70 Å². The molecule has 0 fully saturated rings. The molecule has 6 rings (SSSR count). The number of hydrogen-bond acceptors (Lipinski definition) is 7. The van der Waals surface area contributed by atoms with E-state index in [1.807, 2.05) is 84.6 Å². The van der Waals surface area contributed by atoms with Crippen LogP contribution in [0.25, 0.3) is 6.08 Å². The van der Waals surface area contributed by atoms with Crippen molar-refractivity contribution in [3.05, 3.63) is 138 Å². The van der Waals surface area contributed by atoms with Gasteiger partial charge in [0.2, 0.25) is 5.91 Å². The summed E-state index contributed by atoms with van der Waals surface area (Å²) in [6.07, 6.45) is 2.14. The van der Waals surface area contributed by atoms with E-state index in [0.29, 0.717) is 34.7 Å². The minimum atomic E-state index is -0.538. The van der Waals surface area contributed by atoms with Crippen LogP contribution in [0.2, 0.25) is 0 Å². The van der Waals surface area contributed by atoms with Crippen LogP contribution < -0.4 is 25.0 Å². The van der Waals surface area contributed by atoms with Gasteiger partial charge in [-0.3, -0.25) is 19.3 Å². The number of carbonyl (C=O) groups is 3. The summed E-state index contributed by atoms with van der Waals surface area (Å²) in [6, 6.07) is 37.2. The first-order chi connectivity index (χ1) is 24.4. The molecule has 5 aromatic carbocycles. The third kappa shape index (κ3) is 7.56. The van der Waals surface area contributed by atoms with Gasteiger partial charge in [-0.15, -0.1) is 11.8 Å². The molecular weight excluding hydrogens is 667 g/mol. The molecule has 0 radical (unpaired) electrons. The van der Waals surface area contributed by atoms with Gasteiger partial charge in [0, 0.05) is 31.5 Å². The molecule has 50 heavy (non-hydrogen) atoms. The first-order valence-electron chi connectivity index (χ1n) is 16.0. The van der Waals surface area contributed by atoms with Gasteiger partial charge in [-0.2, -0.15) is 0 Å². The molecule has 0 saturated carbocycles. The first-order valence-corrected chi connectivity index (χ1v) is 17.7. The normalized spacial score (nSPS) is 12.6. The number of hydrogen-bond donors (Lipinski definition) is 2. The standard InChI is InChI=1S/C40H35N3O5S2/c1-4-34(40(46)43-31-19-8-10-22-35(31)50-36-23-11-9-20-32(36)43)49-29-18-13-17-28(25-29)41-39(45)30(42-38(44)26-14-6-5-7-15-26)24-27-16-12-21-33(47-2)37(27)48-3/h5-25,34H,4H2,1-3H3,(H,41,45)(H,42,44)/b30-24+. The molecule has 252 valence electrons. The lowest BCUT2D eigenvalue weighted by Crippen LogP contribution is -2.35. The number of amides is 3. The Hall–Kier alpha value is -5.45. The second kappa shape index (κ2) is 15.8. The van der Waals surface area contributed by atoms with Crippen molar-refractivity contribution in [2.75, 3.05) is 24.4 Å². The Morgan fingerprint density at radius 2 is 1.46 bits per heavy atom. The van der Waals surface area contributed by atoms with Gasteiger partial charge >= 0.3 is 0 Å². The van der Waals surface area contributed by atoms with Crippen molar-refractivity contribution in [3.63, 3.8) is 0 Å². The smallest absolute Gasteiger partial charge is 0.272 e. The topological polar surface area (TPSA) is 97.0 Å². The quantitative estimate of drug-likeness (QED) is 0.105. The fraction of sp³-hybridized carbons (Fsp3) is 0.125. The molecule has 3 amide bonds. The van der Waals surface area contributed by atoms with Crippen molar-refractivity contribution >= 4 is 64.4 Å². The van der Waals surface area contributed by atoms with Crippen molar-refractivity contribution in [2.24, 2.45) is 0 Å². The van der Waals surface area contributed by atoms with E-state index in [1.54, 1.807) is 66.4 Å². The lowest BCUT2D eigenvalue weighted by Gasteiger charge is -2.33. The predicted molar refractivity (Wildman–Crippen MR) is 201 cm³/mol. The zero-order chi connectivity index (χ0) is 35.0. The molecule has 1 atom stereocenters. The number of benzene rings is 5. The van der Waals surface area contributed by atoms with Gasteiger partial charge in [-0.25, -0.2) is 0 Å². The summed E-state index contributed by atoms with van der Waals surface area (Å²) in [4.78, 5) is 46.0. The maximum atomic E-state index is 14.3. The van der Waals surface area contributed by atoms with Gasteiger partial charge in [-0.1, -0.05) is 79.3 Å². The number of thioether (sulfide) groups is 1. The predicted octanol–water partition coefficient (Wildman–Crippen LogP) is 8.81. The third-order valence-corrected chi connectivity index (χ3v) is 10.4. The summed E-state index contributed by atoms with van der Waals surface area (Å²) in [5.74, 6) is -0.102. The molecule has 1 aliphatic rings. The Labute approximate surface area is 299 Å². The summed E-state index contributed by atoms with van der Waals surface area (Å²) in [7, 11) is 3.04. The molecule has 8 nitrogen and oxygen atoms in total. The Morgan fingerprint density at radius 3 is 2.12 bits per heavy atom. The summed E-state index contributed by atoms with van der Waals surface area (Å²) in [6.45, 7) is 2.00. The zero-order valence-electron chi connectivity index (χ0n) is 27.7. The van der Waals surface area contributed by atoms with Crippen LogP contribution in [-0.4, -0.2) is 37.2 Å². The zero-order valence-corrected chi connectivity index (χ0v) is 29.3. The number of nitrogens with zero attached hydrogens (tertiary/aromatic N) is 1. The van der Waals surface area contributed by atoms with Gasteiger partial charge in [0.15, 0.2) is 11.5 Å². The maximum Gasteiger partial charge on any atom is 0.272 e. The van der Waals surface area contributed by atoms with Crippen molar-refractivity contribution in [1.82, 2.24) is 5.32 Å². The number of fused-ring (bicyclic) bond motifs is 2. The average molecular weight is 702 g/mol. The number of anilines is 3. The van der Waals surface area contributed by atoms with Crippen molar-refractivity contribution in [1.29, 1.82) is 0 Å². The second-order valence-corrected chi connectivity index (χ2v) is 13.5. The highest BCUT2D eigenvalue weighted by molar-refractivity contribution is 8.00. The SMILES string of the molecule is CCC(Sc1cccc(NC(=O)/C(=C\c2cccc(OC)c2OC)NC(=O)c2ccccc2)c1)C(=O)N1c2ccccc2Sc2ccccc21. The van der Waals surface area contributed by atoms with Crippen LogP contribution in [-0.2, 0) is 9.59 Å². The molecule has 1 unspecified atom stereocenters. The lowest BCUT2D eigenvalue weighted by molar-refractivity contribution is -0.117. The summed E-state index contributed by atoms with van der Waals surface area (Å²) >= 11 is 3.10. The highest BCUT2D eigenvalue weighted by Gasteiger charge is 2.32. The van der Waals surface area contributed by atoms with E-state index in [-0.39, 0.29) is 11.6 Å². The van der Waals surface area contributed by atoms with Crippen LogP contribution >= 0.6 is 23.5 Å². The third-order valence-electron chi connectivity index (χ3n) is 7.93. The molecule has 2 N–H and O–H groups in total. The molecule has 10 heteroatoms. The van der Waals surface area contributed by atoms with E-state index in [2.05, 4.69) is 10.6 Å². The number of ether oxygens (including phenoxy) is 2. The summed E-state index contributed by atoms with van der Waals surface area (Å²) in [5, 5.41) is 5.30. The minimum absolute atomic E-state index is 0.00498. The maximum absolute atomic E-state index is 14.3. The van der Waals surface area contributed by atoms with Crippen LogP contribution in [0.3, 0.4) is 0 Å². The average Bonchev–Trinajstić information content (AvgIpc) is 3.15. The largest absolute Gasteiger partial charge is 0.493 e. The van der Waals surface area contributed by atoms with Crippen LogP contribution in [0.15, 0.2) is 142 Å². The van der Waals surface area contributed by atoms with Gasteiger partial charge in [-0.05, 0) is 73.2 Å². The Bertz CT molecular complexity index is 2020. The highest BCUT2D eigenvalue weighted by Crippen LogP contribution is 2.49. The fourth-order valence-electron chi connectivity index (χ4n) is 5.53. The van der Waals surface area contributed by atoms with E-state index in [4.69, 9.17) is 9.47 Å². The van der Waals surface area contributed by atoms with Gasteiger partial charge in [0.05, 0.1) is 30.8 Å². The number of rotatable bonds is 11. The van der Waals surface area contributed by atoms with E-state index in [9.17, 15) is 14.4 Å². The molecular formula is C40H35N3O5S2. The molecule has 1 aliphatic heterocycles. The van der Waals surface area contributed by atoms with E-state index in [0.717, 1.165) is 26.1 Å². The number of para-hydroxylation sites is 3. The first kappa shape index (κ1) is 34.4. The van der Waals surface area contributed by atoms with Gasteiger partial charge in [0.25, 0.3) is 11.8 Å². The van der Waals surface area contributed by atoms with Crippen molar-refractivity contribution < 1.29 is 23.9 Å². The monoisotopic (exact) mass is 701 g/mol. The molecule has 0 aromatic heterocycles. The van der Waals surface area contributed by atoms with E-state index < -0.39 is 17.1 Å². The summed E-state index contributed by atoms with van der Waals surface area (Å²) < 4.78 is 11.0. The Kier molecular flexibility index (Phi) is 10.9. The van der Waals surface area contributed by atoms with Crippen LogP contribution in [0.1, 0.15) is 29.3 Å². The molecule has 1 heterocycles. The second-order valence-electron chi connectivity index (χ2n) is 11.2.